The number of thiophene rings is 1. The Labute approximate surface area is 142 Å². The van der Waals surface area contributed by atoms with Crippen LogP contribution in [0.2, 0.25) is 0 Å². The van der Waals surface area contributed by atoms with Crippen LogP contribution in [0.25, 0.3) is 0 Å². The largest absolute Gasteiger partial charge is 0.375 e. The number of para-hydroxylation sites is 1. The maximum atomic E-state index is 12.3. The van der Waals surface area contributed by atoms with E-state index in [1.807, 2.05) is 18.2 Å². The first-order valence-electron chi connectivity index (χ1n) is 8.40. The van der Waals surface area contributed by atoms with Crippen LogP contribution in [0, 0.1) is 0 Å². The number of hydrogen-bond donors (Lipinski definition) is 1. The predicted octanol–water partition coefficient (Wildman–Crippen LogP) is 3.88. The summed E-state index contributed by atoms with van der Waals surface area (Å²) >= 11 is 1.68. The zero-order valence-electron chi connectivity index (χ0n) is 13.7. The van der Waals surface area contributed by atoms with Crippen molar-refractivity contribution in [1.82, 2.24) is 5.32 Å². The molecule has 0 unspecified atom stereocenters. The summed E-state index contributed by atoms with van der Waals surface area (Å²) in [6.45, 7) is 1.66. The highest BCUT2D eigenvalue weighted by atomic mass is 32.1. The first kappa shape index (κ1) is 16.1. The molecule has 1 heterocycles. The van der Waals surface area contributed by atoms with Gasteiger partial charge in [-0.3, -0.25) is 4.79 Å². The van der Waals surface area contributed by atoms with Gasteiger partial charge in [0.2, 0.25) is 0 Å². The zero-order chi connectivity index (χ0) is 16.1. The summed E-state index contributed by atoms with van der Waals surface area (Å²) < 4.78 is 0. The first-order chi connectivity index (χ1) is 11.2. The average Bonchev–Trinajstić information content (AvgIpc) is 3.03. The Morgan fingerprint density at radius 2 is 2.00 bits per heavy atom. The first-order valence-corrected chi connectivity index (χ1v) is 9.21. The van der Waals surface area contributed by atoms with Crippen molar-refractivity contribution in [2.24, 2.45) is 0 Å². The van der Waals surface area contributed by atoms with Gasteiger partial charge in [0, 0.05) is 30.7 Å². The molecule has 4 heteroatoms. The standard InChI is InChI=1S/C19H24N2OS/c1-21(16-9-3-2-4-10-16)13-7-12-20-19(22)18-14-15-8-5-6-11-17(15)23-18/h2-4,9-10,14H,5-8,11-13H2,1H3,(H,20,22). The van der Waals surface area contributed by atoms with Gasteiger partial charge in [-0.1, -0.05) is 18.2 Å². The van der Waals surface area contributed by atoms with Crippen LogP contribution >= 0.6 is 11.3 Å². The lowest BCUT2D eigenvalue weighted by Crippen LogP contribution is -2.27. The number of carbonyl (C=O) groups excluding carboxylic acids is 1. The van der Waals surface area contributed by atoms with Gasteiger partial charge in [0.1, 0.15) is 0 Å². The fraction of sp³-hybridized carbons (Fsp3) is 0.421. The van der Waals surface area contributed by atoms with Crippen LogP contribution < -0.4 is 10.2 Å². The molecule has 0 spiro atoms. The number of hydrogen-bond acceptors (Lipinski definition) is 3. The van der Waals surface area contributed by atoms with Crippen molar-refractivity contribution < 1.29 is 4.79 Å². The van der Waals surface area contributed by atoms with Gasteiger partial charge in [0.05, 0.1) is 4.88 Å². The van der Waals surface area contributed by atoms with Gasteiger partial charge < -0.3 is 10.2 Å². The number of fused-ring (bicyclic) bond motifs is 1. The van der Waals surface area contributed by atoms with Gasteiger partial charge in [-0.25, -0.2) is 0 Å². The van der Waals surface area contributed by atoms with E-state index in [9.17, 15) is 4.79 Å². The highest BCUT2D eigenvalue weighted by Gasteiger charge is 2.16. The Morgan fingerprint density at radius 1 is 1.22 bits per heavy atom. The van der Waals surface area contributed by atoms with E-state index in [-0.39, 0.29) is 5.91 Å². The summed E-state index contributed by atoms with van der Waals surface area (Å²) in [6.07, 6.45) is 5.76. The maximum absolute atomic E-state index is 12.3. The van der Waals surface area contributed by atoms with Crippen molar-refractivity contribution in [1.29, 1.82) is 0 Å². The van der Waals surface area contributed by atoms with Crippen LogP contribution in [0.15, 0.2) is 36.4 Å². The molecule has 0 saturated heterocycles. The van der Waals surface area contributed by atoms with Crippen molar-refractivity contribution in [3.8, 4) is 0 Å². The molecule has 1 aromatic heterocycles. The third-order valence-electron chi connectivity index (χ3n) is 4.37. The minimum atomic E-state index is 0.0896. The lowest BCUT2D eigenvalue weighted by atomic mass is 9.99. The van der Waals surface area contributed by atoms with Gasteiger partial charge in [0.15, 0.2) is 0 Å². The Bertz CT molecular complexity index is 627. The molecule has 1 aliphatic rings. The Hall–Kier alpha value is -1.81. The van der Waals surface area contributed by atoms with Crippen LogP contribution in [0.1, 0.15) is 39.4 Å². The number of nitrogens with one attached hydrogen (secondary N) is 1. The zero-order valence-corrected chi connectivity index (χ0v) is 14.5. The molecule has 0 bridgehead atoms. The molecule has 3 rings (SSSR count). The molecule has 1 N–H and O–H groups in total. The maximum Gasteiger partial charge on any atom is 0.261 e. The smallest absolute Gasteiger partial charge is 0.261 e. The lowest BCUT2D eigenvalue weighted by Gasteiger charge is -2.19. The van der Waals surface area contributed by atoms with E-state index in [0.717, 1.165) is 37.2 Å². The van der Waals surface area contributed by atoms with Crippen LogP contribution in [0.4, 0.5) is 5.69 Å². The quantitative estimate of drug-likeness (QED) is 0.816. The molecule has 1 amide bonds. The summed E-state index contributed by atoms with van der Waals surface area (Å²) in [4.78, 5) is 16.8. The minimum absolute atomic E-state index is 0.0896. The predicted molar refractivity (Wildman–Crippen MR) is 97.6 cm³/mol. The third kappa shape index (κ3) is 4.14. The second-order valence-electron chi connectivity index (χ2n) is 6.13. The Morgan fingerprint density at radius 3 is 2.78 bits per heavy atom. The molecule has 1 aromatic carbocycles. The van der Waals surface area contributed by atoms with Crippen molar-refractivity contribution in [3.05, 3.63) is 51.7 Å². The number of aryl methyl sites for hydroxylation is 2. The molecule has 0 aliphatic heterocycles. The monoisotopic (exact) mass is 328 g/mol. The number of benzene rings is 1. The fourth-order valence-electron chi connectivity index (χ4n) is 3.02. The molecular weight excluding hydrogens is 304 g/mol. The van der Waals surface area contributed by atoms with Crippen molar-refractivity contribution in [3.63, 3.8) is 0 Å². The van der Waals surface area contributed by atoms with Gasteiger partial charge in [0.25, 0.3) is 5.91 Å². The van der Waals surface area contributed by atoms with E-state index in [1.54, 1.807) is 11.3 Å². The van der Waals surface area contributed by atoms with E-state index in [1.165, 1.54) is 29.0 Å². The summed E-state index contributed by atoms with van der Waals surface area (Å²) in [5, 5.41) is 3.06. The van der Waals surface area contributed by atoms with Crippen LogP contribution in [0.3, 0.4) is 0 Å². The van der Waals surface area contributed by atoms with Gasteiger partial charge in [-0.15, -0.1) is 11.3 Å². The van der Waals surface area contributed by atoms with Crippen molar-refractivity contribution in [2.75, 3.05) is 25.0 Å². The molecule has 2 aromatic rings. The van der Waals surface area contributed by atoms with E-state index >= 15 is 0 Å². The highest BCUT2D eigenvalue weighted by Crippen LogP contribution is 2.29. The van der Waals surface area contributed by atoms with Crippen molar-refractivity contribution in [2.45, 2.75) is 32.1 Å². The second kappa shape index (κ2) is 7.64. The molecule has 122 valence electrons. The number of nitrogens with zero attached hydrogens (tertiary/aromatic N) is 1. The summed E-state index contributed by atoms with van der Waals surface area (Å²) in [7, 11) is 2.09. The second-order valence-corrected chi connectivity index (χ2v) is 7.27. The SMILES string of the molecule is CN(CCCNC(=O)c1cc2c(s1)CCCC2)c1ccccc1. The molecular formula is C19H24N2OS. The van der Waals surface area contributed by atoms with E-state index in [4.69, 9.17) is 0 Å². The molecule has 23 heavy (non-hydrogen) atoms. The number of anilines is 1. The Kier molecular flexibility index (Phi) is 5.34. The molecule has 1 aliphatic carbocycles. The van der Waals surface area contributed by atoms with Crippen LogP contribution in [0.5, 0.6) is 0 Å². The van der Waals surface area contributed by atoms with Gasteiger partial charge in [-0.2, -0.15) is 0 Å². The number of carbonyl (C=O) groups is 1. The highest BCUT2D eigenvalue weighted by molar-refractivity contribution is 7.14. The minimum Gasteiger partial charge on any atom is -0.375 e. The topological polar surface area (TPSA) is 32.3 Å². The lowest BCUT2D eigenvalue weighted by molar-refractivity contribution is 0.0957. The molecule has 3 nitrogen and oxygen atoms in total. The van der Waals surface area contributed by atoms with Gasteiger partial charge >= 0.3 is 0 Å². The van der Waals surface area contributed by atoms with E-state index in [2.05, 4.69) is 35.5 Å². The van der Waals surface area contributed by atoms with Crippen LogP contribution in [-0.2, 0) is 12.8 Å². The Balaban J connectivity index is 1.43. The van der Waals surface area contributed by atoms with E-state index in [0.29, 0.717) is 0 Å². The summed E-state index contributed by atoms with van der Waals surface area (Å²) in [6, 6.07) is 12.4. The molecule has 0 saturated carbocycles. The molecule has 0 atom stereocenters. The van der Waals surface area contributed by atoms with E-state index < -0.39 is 0 Å². The summed E-state index contributed by atoms with van der Waals surface area (Å²) in [5.74, 6) is 0.0896. The summed E-state index contributed by atoms with van der Waals surface area (Å²) in [5.41, 5.74) is 2.61. The fourth-order valence-corrected chi connectivity index (χ4v) is 4.19. The van der Waals surface area contributed by atoms with Crippen LogP contribution in [-0.4, -0.2) is 26.0 Å². The average molecular weight is 328 g/mol. The number of amides is 1. The normalized spacial score (nSPS) is 13.4. The number of rotatable bonds is 6. The molecule has 0 radical (unpaired) electrons. The molecule has 0 fully saturated rings. The third-order valence-corrected chi connectivity index (χ3v) is 5.61. The van der Waals surface area contributed by atoms with Gasteiger partial charge in [-0.05, 0) is 55.9 Å². The van der Waals surface area contributed by atoms with Crippen molar-refractivity contribution >= 4 is 22.9 Å².